The predicted octanol–water partition coefficient (Wildman–Crippen LogP) is 2.07. The average Bonchev–Trinajstić information content (AvgIpc) is 2.99. The molecule has 0 heterocycles. The number of hydrogen-bond donors (Lipinski definition) is 2. The Morgan fingerprint density at radius 1 is 1.33 bits per heavy atom. The summed E-state index contributed by atoms with van der Waals surface area (Å²) in [6.45, 7) is 6.53. The molecule has 1 rings (SSSR count). The molecule has 2 amide bonds. The van der Waals surface area contributed by atoms with Crippen LogP contribution in [0.2, 0.25) is 0 Å². The van der Waals surface area contributed by atoms with Crippen LogP contribution in [-0.2, 0) is 4.79 Å². The summed E-state index contributed by atoms with van der Waals surface area (Å²) in [4.78, 5) is 24.3. The maximum absolute atomic E-state index is 12.1. The third-order valence-corrected chi connectivity index (χ3v) is 3.01. The molecular formula is C13H24N2O3. The summed E-state index contributed by atoms with van der Waals surface area (Å²) in [5.74, 6) is -0.322. The fourth-order valence-electron chi connectivity index (χ4n) is 2.11. The Kier molecular flexibility index (Phi) is 5.44. The van der Waals surface area contributed by atoms with Gasteiger partial charge in [-0.3, -0.25) is 4.79 Å². The summed E-state index contributed by atoms with van der Waals surface area (Å²) >= 11 is 0. The molecule has 1 aliphatic rings. The Hall–Kier alpha value is -1.26. The zero-order valence-corrected chi connectivity index (χ0v) is 11.5. The lowest BCUT2D eigenvalue weighted by Gasteiger charge is -2.25. The van der Waals surface area contributed by atoms with E-state index in [4.69, 9.17) is 5.11 Å². The number of carbonyl (C=O) groups is 2. The van der Waals surface area contributed by atoms with E-state index in [1.165, 1.54) is 0 Å². The van der Waals surface area contributed by atoms with Gasteiger partial charge in [-0.2, -0.15) is 0 Å². The Labute approximate surface area is 109 Å². The molecule has 0 spiro atoms. The Bertz CT molecular complexity index is 301. The molecule has 5 heteroatoms. The van der Waals surface area contributed by atoms with E-state index in [1.54, 1.807) is 4.90 Å². The van der Waals surface area contributed by atoms with Crippen molar-refractivity contribution in [3.8, 4) is 0 Å². The van der Waals surface area contributed by atoms with Crippen LogP contribution >= 0.6 is 0 Å². The lowest BCUT2D eigenvalue weighted by atomic mass is 10.1. The molecule has 18 heavy (non-hydrogen) atoms. The second-order valence-electron chi connectivity index (χ2n) is 5.55. The monoisotopic (exact) mass is 256 g/mol. The number of carbonyl (C=O) groups excluding carboxylic acids is 1. The number of rotatable bonds is 7. The highest BCUT2D eigenvalue weighted by Gasteiger charge is 2.33. The van der Waals surface area contributed by atoms with Gasteiger partial charge in [-0.25, -0.2) is 4.79 Å². The van der Waals surface area contributed by atoms with Gasteiger partial charge in [0.15, 0.2) is 0 Å². The largest absolute Gasteiger partial charge is 0.481 e. The molecule has 1 unspecified atom stereocenters. The minimum atomic E-state index is -0.858. The van der Waals surface area contributed by atoms with Crippen molar-refractivity contribution >= 4 is 12.0 Å². The normalized spacial score (nSPS) is 16.4. The second-order valence-corrected chi connectivity index (χ2v) is 5.55. The van der Waals surface area contributed by atoms with E-state index in [1.807, 2.05) is 6.92 Å². The number of nitrogens with zero attached hydrogens (tertiary/aromatic N) is 1. The van der Waals surface area contributed by atoms with Crippen LogP contribution in [0.25, 0.3) is 0 Å². The molecule has 0 bridgehead atoms. The molecule has 0 aromatic heterocycles. The summed E-state index contributed by atoms with van der Waals surface area (Å²) < 4.78 is 0. The Balaban J connectivity index is 2.41. The van der Waals surface area contributed by atoms with Crippen LogP contribution in [0.15, 0.2) is 0 Å². The number of aliphatic carboxylic acids is 1. The van der Waals surface area contributed by atoms with Gasteiger partial charge in [-0.15, -0.1) is 0 Å². The van der Waals surface area contributed by atoms with Gasteiger partial charge < -0.3 is 15.3 Å². The summed E-state index contributed by atoms with van der Waals surface area (Å²) in [5.41, 5.74) is 0. The van der Waals surface area contributed by atoms with E-state index >= 15 is 0 Å². The molecule has 0 aromatic rings. The molecule has 1 saturated carbocycles. The first kappa shape index (κ1) is 14.8. The van der Waals surface area contributed by atoms with Crippen LogP contribution in [0.5, 0.6) is 0 Å². The standard InChI is InChI=1S/C13H24N2O3/c1-9(2)8-10(3)14-13(18)15(11-4-5-11)7-6-12(16)17/h9-11H,4-8H2,1-3H3,(H,14,18)(H,16,17). The lowest BCUT2D eigenvalue weighted by molar-refractivity contribution is -0.137. The van der Waals surface area contributed by atoms with Crippen LogP contribution < -0.4 is 5.32 Å². The van der Waals surface area contributed by atoms with E-state index in [0.29, 0.717) is 12.5 Å². The van der Waals surface area contributed by atoms with Crippen molar-refractivity contribution in [2.24, 2.45) is 5.92 Å². The van der Waals surface area contributed by atoms with Crippen molar-refractivity contribution < 1.29 is 14.7 Å². The van der Waals surface area contributed by atoms with Crippen molar-refractivity contribution in [3.63, 3.8) is 0 Å². The number of nitrogens with one attached hydrogen (secondary N) is 1. The molecule has 104 valence electrons. The van der Waals surface area contributed by atoms with Gasteiger partial charge in [0.2, 0.25) is 0 Å². The molecule has 1 fully saturated rings. The van der Waals surface area contributed by atoms with Gasteiger partial charge in [-0.05, 0) is 32.1 Å². The minimum Gasteiger partial charge on any atom is -0.481 e. The number of hydrogen-bond acceptors (Lipinski definition) is 2. The van der Waals surface area contributed by atoms with Gasteiger partial charge in [0.25, 0.3) is 0 Å². The first-order valence-corrected chi connectivity index (χ1v) is 6.69. The highest BCUT2D eigenvalue weighted by atomic mass is 16.4. The third kappa shape index (κ3) is 5.38. The first-order chi connectivity index (χ1) is 8.40. The first-order valence-electron chi connectivity index (χ1n) is 6.69. The fraction of sp³-hybridized carbons (Fsp3) is 0.846. The molecule has 0 aromatic carbocycles. The summed E-state index contributed by atoms with van der Waals surface area (Å²) in [6.07, 6.45) is 2.93. The Morgan fingerprint density at radius 3 is 2.39 bits per heavy atom. The summed E-state index contributed by atoms with van der Waals surface area (Å²) in [6, 6.07) is 0.256. The van der Waals surface area contributed by atoms with E-state index < -0.39 is 5.97 Å². The maximum Gasteiger partial charge on any atom is 0.317 e. The third-order valence-electron chi connectivity index (χ3n) is 3.01. The molecule has 1 aliphatic carbocycles. The van der Waals surface area contributed by atoms with Gasteiger partial charge in [-0.1, -0.05) is 13.8 Å². The van der Waals surface area contributed by atoms with E-state index in [-0.39, 0.29) is 24.5 Å². The fourth-order valence-corrected chi connectivity index (χ4v) is 2.11. The topological polar surface area (TPSA) is 69.6 Å². The van der Waals surface area contributed by atoms with E-state index in [9.17, 15) is 9.59 Å². The predicted molar refractivity (Wildman–Crippen MR) is 69.4 cm³/mol. The zero-order valence-electron chi connectivity index (χ0n) is 11.5. The molecule has 0 radical (unpaired) electrons. The van der Waals surface area contributed by atoms with Gasteiger partial charge in [0.05, 0.1) is 6.42 Å². The number of urea groups is 1. The van der Waals surface area contributed by atoms with Gasteiger partial charge in [0, 0.05) is 18.6 Å². The van der Waals surface area contributed by atoms with E-state index in [0.717, 1.165) is 19.3 Å². The Morgan fingerprint density at radius 2 is 1.94 bits per heavy atom. The summed E-state index contributed by atoms with van der Waals surface area (Å²) in [7, 11) is 0. The highest BCUT2D eigenvalue weighted by Crippen LogP contribution is 2.27. The molecule has 2 N–H and O–H groups in total. The van der Waals surface area contributed by atoms with Crippen LogP contribution in [0.3, 0.4) is 0 Å². The average molecular weight is 256 g/mol. The van der Waals surface area contributed by atoms with Crippen molar-refractivity contribution in [1.29, 1.82) is 0 Å². The van der Waals surface area contributed by atoms with Crippen LogP contribution in [-0.4, -0.2) is 40.6 Å². The van der Waals surface area contributed by atoms with Crippen molar-refractivity contribution in [1.82, 2.24) is 10.2 Å². The van der Waals surface area contributed by atoms with Crippen LogP contribution in [0, 0.1) is 5.92 Å². The SMILES string of the molecule is CC(C)CC(C)NC(=O)N(CCC(=O)O)C1CC1. The number of amides is 2. The molecule has 1 atom stereocenters. The zero-order chi connectivity index (χ0) is 13.7. The molecule has 0 saturated heterocycles. The lowest BCUT2D eigenvalue weighted by Crippen LogP contribution is -2.46. The van der Waals surface area contributed by atoms with Gasteiger partial charge >= 0.3 is 12.0 Å². The van der Waals surface area contributed by atoms with E-state index in [2.05, 4.69) is 19.2 Å². The molecule has 5 nitrogen and oxygen atoms in total. The molecule has 0 aliphatic heterocycles. The van der Waals surface area contributed by atoms with Crippen LogP contribution in [0.4, 0.5) is 4.79 Å². The van der Waals surface area contributed by atoms with Gasteiger partial charge in [0.1, 0.15) is 0 Å². The smallest absolute Gasteiger partial charge is 0.317 e. The molecular weight excluding hydrogens is 232 g/mol. The summed E-state index contributed by atoms with van der Waals surface area (Å²) in [5, 5.41) is 11.6. The van der Waals surface area contributed by atoms with Crippen LogP contribution in [0.1, 0.15) is 46.5 Å². The maximum atomic E-state index is 12.1. The number of carboxylic acid groups (broad SMARTS) is 1. The van der Waals surface area contributed by atoms with Crippen molar-refractivity contribution in [3.05, 3.63) is 0 Å². The number of carboxylic acids is 1. The van der Waals surface area contributed by atoms with Crippen molar-refractivity contribution in [2.75, 3.05) is 6.54 Å². The second kappa shape index (κ2) is 6.61. The highest BCUT2D eigenvalue weighted by molar-refractivity contribution is 5.76. The quantitative estimate of drug-likeness (QED) is 0.732. The van der Waals surface area contributed by atoms with Crippen molar-refractivity contribution in [2.45, 2.75) is 58.5 Å². The minimum absolute atomic E-state index is 0.0164.